The molecule has 5 heteroatoms. The summed E-state index contributed by atoms with van der Waals surface area (Å²) in [6.07, 6.45) is 0. The first-order valence-electron chi connectivity index (χ1n) is 5.28. The van der Waals surface area contributed by atoms with Gasteiger partial charge in [-0.2, -0.15) is 0 Å². The van der Waals surface area contributed by atoms with Crippen LogP contribution >= 0.6 is 23.2 Å². The molecule has 0 aliphatic heterocycles. The van der Waals surface area contributed by atoms with Crippen molar-refractivity contribution in [1.82, 2.24) is 5.43 Å². The molecule has 3 N–H and O–H groups in total. The molecule has 0 aliphatic carbocycles. The van der Waals surface area contributed by atoms with Gasteiger partial charge in [0.2, 0.25) is 0 Å². The van der Waals surface area contributed by atoms with E-state index in [0.717, 1.165) is 5.56 Å². The summed E-state index contributed by atoms with van der Waals surface area (Å²) in [7, 11) is 0. The monoisotopic (exact) mass is 284 g/mol. The Morgan fingerprint density at radius 2 is 1.78 bits per heavy atom. The van der Waals surface area contributed by atoms with Crippen LogP contribution in [0.4, 0.5) is 4.39 Å². The summed E-state index contributed by atoms with van der Waals surface area (Å²) in [5.74, 6) is 5.05. The van der Waals surface area contributed by atoms with Gasteiger partial charge < -0.3 is 0 Å². The predicted octanol–water partition coefficient (Wildman–Crippen LogP) is 3.69. The van der Waals surface area contributed by atoms with Gasteiger partial charge in [-0.15, -0.1) is 0 Å². The maximum Gasteiger partial charge on any atom is 0.142 e. The molecule has 2 aromatic rings. The Morgan fingerprint density at radius 1 is 1.06 bits per heavy atom. The maximum atomic E-state index is 13.4. The van der Waals surface area contributed by atoms with Crippen molar-refractivity contribution in [2.75, 3.05) is 0 Å². The number of nitrogens with two attached hydrogens (primary N) is 1. The van der Waals surface area contributed by atoms with Crippen LogP contribution in [0.3, 0.4) is 0 Å². The van der Waals surface area contributed by atoms with Crippen LogP contribution in [0.25, 0.3) is 0 Å². The van der Waals surface area contributed by atoms with E-state index in [4.69, 9.17) is 29.0 Å². The van der Waals surface area contributed by atoms with Crippen LogP contribution in [-0.2, 0) is 0 Å². The first kappa shape index (κ1) is 13.3. The van der Waals surface area contributed by atoms with Gasteiger partial charge in [0.1, 0.15) is 5.82 Å². The Bertz CT molecular complexity index is 560. The van der Waals surface area contributed by atoms with Gasteiger partial charge in [-0.05, 0) is 35.4 Å². The molecule has 0 bridgehead atoms. The third-order valence-corrected chi connectivity index (χ3v) is 3.17. The average Bonchev–Trinajstić information content (AvgIpc) is 2.35. The highest BCUT2D eigenvalue weighted by Crippen LogP contribution is 2.26. The molecule has 2 aromatic carbocycles. The second-order valence-electron chi connectivity index (χ2n) is 3.83. The second kappa shape index (κ2) is 5.67. The minimum Gasteiger partial charge on any atom is -0.271 e. The Labute approximate surface area is 114 Å². The van der Waals surface area contributed by atoms with Gasteiger partial charge in [-0.25, -0.2) is 9.82 Å². The summed E-state index contributed by atoms with van der Waals surface area (Å²) < 4.78 is 13.4. The molecule has 0 heterocycles. The zero-order valence-corrected chi connectivity index (χ0v) is 10.8. The van der Waals surface area contributed by atoms with Crippen LogP contribution in [0.2, 0.25) is 10.0 Å². The van der Waals surface area contributed by atoms with Crippen LogP contribution in [-0.4, -0.2) is 0 Å². The third kappa shape index (κ3) is 2.82. The molecule has 1 unspecified atom stereocenters. The maximum absolute atomic E-state index is 13.4. The van der Waals surface area contributed by atoms with Gasteiger partial charge in [0, 0.05) is 5.02 Å². The van der Waals surface area contributed by atoms with Crippen molar-refractivity contribution in [3.8, 4) is 0 Å². The fourth-order valence-electron chi connectivity index (χ4n) is 1.76. The third-order valence-electron chi connectivity index (χ3n) is 2.63. The number of hydrazine groups is 1. The van der Waals surface area contributed by atoms with E-state index in [1.165, 1.54) is 12.1 Å². The van der Waals surface area contributed by atoms with E-state index in [-0.39, 0.29) is 11.1 Å². The summed E-state index contributed by atoms with van der Waals surface area (Å²) >= 11 is 11.6. The van der Waals surface area contributed by atoms with Gasteiger partial charge in [-0.3, -0.25) is 5.84 Å². The topological polar surface area (TPSA) is 38.0 Å². The molecule has 2 nitrogen and oxygen atoms in total. The largest absolute Gasteiger partial charge is 0.271 e. The van der Waals surface area contributed by atoms with Crippen LogP contribution in [0.5, 0.6) is 0 Å². The van der Waals surface area contributed by atoms with E-state index in [2.05, 4.69) is 5.43 Å². The van der Waals surface area contributed by atoms with Crippen molar-refractivity contribution in [2.45, 2.75) is 6.04 Å². The molecule has 0 aliphatic rings. The normalized spacial score (nSPS) is 12.4. The molecule has 94 valence electrons. The molecule has 0 saturated heterocycles. The first-order valence-corrected chi connectivity index (χ1v) is 6.04. The first-order chi connectivity index (χ1) is 8.61. The highest BCUT2D eigenvalue weighted by molar-refractivity contribution is 6.31. The van der Waals surface area contributed by atoms with Gasteiger partial charge in [0.15, 0.2) is 0 Å². The van der Waals surface area contributed by atoms with Gasteiger partial charge >= 0.3 is 0 Å². The smallest absolute Gasteiger partial charge is 0.142 e. The molecular formula is C13H11Cl2FN2. The van der Waals surface area contributed by atoms with Crippen molar-refractivity contribution >= 4 is 23.2 Å². The lowest BCUT2D eigenvalue weighted by Gasteiger charge is -2.17. The zero-order chi connectivity index (χ0) is 13.1. The molecule has 1 atom stereocenters. The number of nitrogens with one attached hydrogen (secondary N) is 1. The van der Waals surface area contributed by atoms with E-state index in [9.17, 15) is 4.39 Å². The van der Waals surface area contributed by atoms with Gasteiger partial charge in [0.05, 0.1) is 11.1 Å². The zero-order valence-electron chi connectivity index (χ0n) is 9.33. The summed E-state index contributed by atoms with van der Waals surface area (Å²) in [4.78, 5) is 0. The summed E-state index contributed by atoms with van der Waals surface area (Å²) in [5.41, 5.74) is 4.18. The highest BCUT2D eigenvalue weighted by atomic mass is 35.5. The summed E-state index contributed by atoms with van der Waals surface area (Å²) in [6.45, 7) is 0. The number of rotatable bonds is 3. The number of hydrogen-bond donors (Lipinski definition) is 2. The highest BCUT2D eigenvalue weighted by Gasteiger charge is 2.14. The van der Waals surface area contributed by atoms with Crippen LogP contribution < -0.4 is 11.3 Å². The fourth-order valence-corrected chi connectivity index (χ4v) is 2.08. The number of halogens is 3. The van der Waals surface area contributed by atoms with Crippen LogP contribution in [0, 0.1) is 5.82 Å². The molecule has 0 fully saturated rings. The van der Waals surface area contributed by atoms with Crippen molar-refractivity contribution in [3.63, 3.8) is 0 Å². The SMILES string of the molecule is NNC(c1cccc(Cl)c1)c1ccc(Cl)c(F)c1. The molecule has 0 spiro atoms. The number of benzene rings is 2. The Morgan fingerprint density at radius 3 is 2.39 bits per heavy atom. The minimum absolute atomic E-state index is 0.0839. The van der Waals surface area contributed by atoms with Crippen molar-refractivity contribution in [2.24, 2.45) is 5.84 Å². The van der Waals surface area contributed by atoms with E-state index in [0.29, 0.717) is 10.6 Å². The quantitative estimate of drug-likeness (QED) is 0.666. The predicted molar refractivity (Wildman–Crippen MR) is 72.0 cm³/mol. The molecule has 2 rings (SSSR count). The van der Waals surface area contributed by atoms with Crippen LogP contribution in [0.15, 0.2) is 42.5 Å². The summed E-state index contributed by atoms with van der Waals surface area (Å²) in [6, 6.07) is 11.5. The lowest BCUT2D eigenvalue weighted by atomic mass is 9.99. The minimum atomic E-state index is -0.476. The van der Waals surface area contributed by atoms with Gasteiger partial charge in [0.25, 0.3) is 0 Å². The standard InChI is InChI=1S/C13H11Cl2FN2/c14-10-3-1-2-8(6-10)13(18-17)9-4-5-11(15)12(16)7-9/h1-7,13,18H,17H2. The second-order valence-corrected chi connectivity index (χ2v) is 4.67. The molecule has 0 aromatic heterocycles. The summed E-state index contributed by atoms with van der Waals surface area (Å²) in [5, 5.41) is 0.683. The molecular weight excluding hydrogens is 274 g/mol. The molecule has 0 amide bonds. The van der Waals surface area contributed by atoms with Gasteiger partial charge in [-0.1, -0.05) is 41.4 Å². The molecule has 0 saturated carbocycles. The lowest BCUT2D eigenvalue weighted by molar-refractivity contribution is 0.605. The van der Waals surface area contributed by atoms with Crippen molar-refractivity contribution in [3.05, 3.63) is 69.5 Å². The molecule has 0 radical (unpaired) electrons. The van der Waals surface area contributed by atoms with Crippen LogP contribution in [0.1, 0.15) is 17.2 Å². The number of hydrogen-bond acceptors (Lipinski definition) is 2. The Hall–Kier alpha value is -1.13. The average molecular weight is 285 g/mol. The fraction of sp³-hybridized carbons (Fsp3) is 0.0769. The van der Waals surface area contributed by atoms with E-state index < -0.39 is 5.82 Å². The Balaban J connectivity index is 2.42. The lowest BCUT2D eigenvalue weighted by Crippen LogP contribution is -2.28. The molecule has 18 heavy (non-hydrogen) atoms. The van der Waals surface area contributed by atoms with E-state index in [1.807, 2.05) is 12.1 Å². The van der Waals surface area contributed by atoms with Crippen molar-refractivity contribution in [1.29, 1.82) is 0 Å². The van der Waals surface area contributed by atoms with Crippen molar-refractivity contribution < 1.29 is 4.39 Å². The Kier molecular flexibility index (Phi) is 4.19. The van der Waals surface area contributed by atoms with E-state index >= 15 is 0 Å². The van der Waals surface area contributed by atoms with E-state index in [1.54, 1.807) is 18.2 Å².